The number of hydrogen-bond acceptors (Lipinski definition) is 7. The quantitative estimate of drug-likeness (QED) is 0.278. The minimum Gasteiger partial charge on any atom is -0.543 e. The fraction of sp³-hybridized carbons (Fsp3) is 0.250. The Hall–Kier alpha value is -1.59. The molecule has 2 N–H and O–H groups in total. The van der Waals surface area contributed by atoms with Crippen molar-refractivity contribution in [2.24, 2.45) is 0 Å². The molecule has 2 amide bonds. The van der Waals surface area contributed by atoms with Crippen LogP contribution < -0.4 is 40.0 Å². The third-order valence-corrected chi connectivity index (χ3v) is 6.03. The fourth-order valence-electron chi connectivity index (χ4n) is 2.73. The number of nitrogens with zero attached hydrogens (tertiary/aromatic N) is 1. The van der Waals surface area contributed by atoms with E-state index in [1.165, 1.54) is 23.1 Å². The van der Waals surface area contributed by atoms with Gasteiger partial charge in [-0.05, 0) is 23.1 Å². The molecule has 8 nitrogen and oxygen atoms in total. The van der Waals surface area contributed by atoms with E-state index in [0.29, 0.717) is 0 Å². The van der Waals surface area contributed by atoms with Gasteiger partial charge in [0.05, 0.1) is 18.1 Å². The monoisotopic (exact) mass is 416 g/mol. The van der Waals surface area contributed by atoms with E-state index in [2.05, 4.69) is 5.32 Å². The van der Waals surface area contributed by atoms with Gasteiger partial charge in [0.2, 0.25) is 5.91 Å². The second-order valence-electron chi connectivity index (χ2n) is 5.54. The zero-order valence-corrected chi connectivity index (χ0v) is 17.8. The Bertz CT molecular complexity index is 836. The van der Waals surface area contributed by atoms with Crippen molar-refractivity contribution in [3.8, 4) is 0 Å². The molecule has 1 aromatic heterocycles. The first-order valence-corrected chi connectivity index (χ1v) is 9.43. The number of carboxylic acid groups (broad SMARTS) is 2. The van der Waals surface area contributed by atoms with E-state index in [1.54, 1.807) is 0 Å². The smallest absolute Gasteiger partial charge is 0.543 e. The van der Waals surface area contributed by atoms with Gasteiger partial charge in [-0.3, -0.25) is 14.5 Å². The van der Waals surface area contributed by atoms with E-state index in [9.17, 15) is 24.3 Å². The molecule has 0 saturated carbocycles. The Morgan fingerprint density at radius 3 is 2.74 bits per heavy atom. The third kappa shape index (κ3) is 4.64. The van der Waals surface area contributed by atoms with Crippen molar-refractivity contribution in [1.82, 2.24) is 10.2 Å². The molecule has 0 bridgehead atoms. The molecule has 27 heavy (non-hydrogen) atoms. The Kier molecular flexibility index (Phi) is 7.29. The van der Waals surface area contributed by atoms with Gasteiger partial charge in [-0.15, -0.1) is 23.1 Å². The first-order valence-electron chi connectivity index (χ1n) is 7.50. The van der Waals surface area contributed by atoms with Crippen LogP contribution in [0.5, 0.6) is 0 Å². The number of carbonyl (C=O) groups is 4. The van der Waals surface area contributed by atoms with E-state index in [1.807, 2.05) is 17.5 Å². The summed E-state index contributed by atoms with van der Waals surface area (Å²) < 4.78 is 0. The van der Waals surface area contributed by atoms with Gasteiger partial charge in [-0.2, -0.15) is 0 Å². The summed E-state index contributed by atoms with van der Waals surface area (Å²) in [5.74, 6) is -3.46. The van der Waals surface area contributed by atoms with Gasteiger partial charge < -0.3 is 20.3 Å². The number of β-lactam (4-membered cyclic amide) rings is 1. The third-order valence-electron chi connectivity index (χ3n) is 3.85. The first-order chi connectivity index (χ1) is 12.4. The van der Waals surface area contributed by atoms with Crippen molar-refractivity contribution < 1.29 is 58.9 Å². The summed E-state index contributed by atoms with van der Waals surface area (Å²) in [6, 6.07) is 2.82. The van der Waals surface area contributed by atoms with Gasteiger partial charge in [-0.25, -0.2) is 4.79 Å². The normalized spacial score (nSPS) is 21.3. The minimum absolute atomic E-state index is 0. The van der Waals surface area contributed by atoms with Crippen LogP contribution in [0.15, 0.2) is 40.9 Å². The van der Waals surface area contributed by atoms with Gasteiger partial charge in [-0.1, -0.05) is 6.07 Å². The molecule has 2 aliphatic rings. The average Bonchev–Trinajstić information content (AvgIpc) is 3.09. The summed E-state index contributed by atoms with van der Waals surface area (Å²) in [4.78, 5) is 48.4. The number of thioether (sulfide) groups is 1. The molecule has 1 saturated heterocycles. The number of carboxylic acids is 2. The predicted molar refractivity (Wildman–Crippen MR) is 91.9 cm³/mol. The minimum atomic E-state index is -1.56. The summed E-state index contributed by atoms with van der Waals surface area (Å²) in [5, 5.41) is 24.1. The number of nitrogens with one attached hydrogen (secondary N) is 1. The number of hydrogen-bond donors (Lipinski definition) is 2. The van der Waals surface area contributed by atoms with Crippen molar-refractivity contribution in [1.29, 1.82) is 0 Å². The molecule has 11 heteroatoms. The second kappa shape index (κ2) is 9.07. The van der Waals surface area contributed by atoms with Crippen LogP contribution >= 0.6 is 23.1 Å². The summed E-state index contributed by atoms with van der Waals surface area (Å²) in [7, 11) is 0. The Balaban J connectivity index is 0.00000261. The standard InChI is InChI=1S/C16H14N2O6S2.Na/c19-10(6-9-2-1-5-25-9)17-12-14(22)18-13(16(23)24)8(3-4-11(20)21)7-26-15(12)18;/h1-5,12,15H,6-7H2,(H,17,19)(H,20,21)(H,23,24);/q;+1/p-1/t12?,15-;/m1./s1. The molecule has 1 fully saturated rings. The second-order valence-corrected chi connectivity index (χ2v) is 7.68. The molecule has 136 valence electrons. The maximum Gasteiger partial charge on any atom is 1.00 e. The summed E-state index contributed by atoms with van der Waals surface area (Å²) >= 11 is 2.69. The first kappa shape index (κ1) is 21.7. The maximum absolute atomic E-state index is 12.4. The Morgan fingerprint density at radius 2 is 2.15 bits per heavy atom. The predicted octanol–water partition coefficient (Wildman–Crippen LogP) is -3.66. The van der Waals surface area contributed by atoms with Crippen LogP contribution in [0.25, 0.3) is 0 Å². The van der Waals surface area contributed by atoms with Crippen molar-refractivity contribution in [3.63, 3.8) is 0 Å². The molecule has 0 spiro atoms. The molecular formula is C16H13N2NaO6S2. The van der Waals surface area contributed by atoms with E-state index in [0.717, 1.165) is 21.9 Å². The van der Waals surface area contributed by atoms with Crippen LogP contribution in [0.1, 0.15) is 4.88 Å². The van der Waals surface area contributed by atoms with Crippen molar-refractivity contribution in [2.45, 2.75) is 17.8 Å². The largest absolute Gasteiger partial charge is 1.00 e. The van der Waals surface area contributed by atoms with Crippen molar-refractivity contribution in [3.05, 3.63) is 45.8 Å². The number of fused-ring (bicyclic) bond motifs is 1. The molecule has 0 aliphatic carbocycles. The SMILES string of the molecule is O=C(O)C=CC1=C(C(=O)[O-])N2C(=O)C(NC(=O)Cc3cccs3)[C@H]2SC1.[Na+]. The molecule has 1 aromatic rings. The van der Waals surface area contributed by atoms with E-state index in [-0.39, 0.29) is 58.9 Å². The number of thiophene rings is 1. The van der Waals surface area contributed by atoms with Crippen molar-refractivity contribution in [2.75, 3.05) is 5.75 Å². The van der Waals surface area contributed by atoms with E-state index < -0.39 is 29.3 Å². The number of carbonyl (C=O) groups excluding carboxylic acids is 3. The average molecular weight is 416 g/mol. The van der Waals surface area contributed by atoms with Crippen LogP contribution in [-0.2, 0) is 25.6 Å². The maximum atomic E-state index is 12.4. The fourth-order valence-corrected chi connectivity index (χ4v) is 4.75. The molecular weight excluding hydrogens is 403 g/mol. The Morgan fingerprint density at radius 1 is 1.41 bits per heavy atom. The molecule has 1 unspecified atom stereocenters. The summed E-state index contributed by atoms with van der Waals surface area (Å²) in [6.07, 6.45) is 2.10. The van der Waals surface area contributed by atoms with Gasteiger partial charge in [0.15, 0.2) is 0 Å². The number of allylic oxidation sites excluding steroid dienone is 1. The number of aliphatic carboxylic acids is 2. The van der Waals surface area contributed by atoms with Gasteiger partial charge >= 0.3 is 35.5 Å². The number of rotatable bonds is 6. The van der Waals surface area contributed by atoms with E-state index in [4.69, 9.17) is 5.11 Å². The molecule has 3 rings (SSSR count). The van der Waals surface area contributed by atoms with Gasteiger partial charge in [0.1, 0.15) is 11.4 Å². The Labute approximate surface area is 184 Å². The summed E-state index contributed by atoms with van der Waals surface area (Å²) in [6.45, 7) is 0. The van der Waals surface area contributed by atoms with Crippen LogP contribution in [-0.4, -0.2) is 50.9 Å². The van der Waals surface area contributed by atoms with Crippen LogP contribution in [0.2, 0.25) is 0 Å². The van der Waals surface area contributed by atoms with E-state index >= 15 is 0 Å². The van der Waals surface area contributed by atoms with Crippen LogP contribution in [0, 0.1) is 0 Å². The van der Waals surface area contributed by atoms with Crippen molar-refractivity contribution >= 4 is 46.9 Å². The van der Waals surface area contributed by atoms with Gasteiger partial charge in [0, 0.05) is 16.7 Å². The number of amides is 2. The zero-order chi connectivity index (χ0) is 18.8. The van der Waals surface area contributed by atoms with Gasteiger partial charge in [0.25, 0.3) is 5.91 Å². The molecule has 2 atom stereocenters. The van der Waals surface area contributed by atoms with Crippen LogP contribution in [0.3, 0.4) is 0 Å². The molecule has 2 aliphatic heterocycles. The molecule has 3 heterocycles. The topological polar surface area (TPSA) is 127 Å². The van der Waals surface area contributed by atoms with Crippen LogP contribution in [0.4, 0.5) is 0 Å². The summed E-state index contributed by atoms with van der Waals surface area (Å²) in [5.41, 5.74) is -0.162. The molecule has 0 aromatic carbocycles. The zero-order valence-electron chi connectivity index (χ0n) is 14.2. The molecule has 0 radical (unpaired) electrons.